The van der Waals surface area contributed by atoms with Gasteiger partial charge in [0.25, 0.3) is 0 Å². The Hall–Kier alpha value is -0.175. The van der Waals surface area contributed by atoms with Crippen LogP contribution in [0.4, 0.5) is 0 Å². The molecule has 0 atom stereocenters. The van der Waals surface area contributed by atoms with Crippen LogP contribution in [-0.4, -0.2) is 67.5 Å². The molecule has 1 radical (unpaired) electrons. The highest BCUT2D eigenvalue weighted by atomic mass is 16.5. The van der Waals surface area contributed by atoms with Gasteiger partial charge in [-0.15, -0.1) is 0 Å². The zero-order valence-electron chi connectivity index (χ0n) is 11.4. The van der Waals surface area contributed by atoms with Crippen molar-refractivity contribution in [3.63, 3.8) is 0 Å². The van der Waals surface area contributed by atoms with Crippen LogP contribution in [0.25, 0.3) is 0 Å². The third-order valence-corrected chi connectivity index (χ3v) is 2.05. The van der Waals surface area contributed by atoms with Crippen LogP contribution in [-0.2, 0) is 18.9 Å². The smallest absolute Gasteiger partial charge is 0.395 e. The first-order valence-corrected chi connectivity index (χ1v) is 6.43. The van der Waals surface area contributed by atoms with Crippen LogP contribution < -0.4 is 11.0 Å². The first-order chi connectivity index (χ1) is 8.91. The van der Waals surface area contributed by atoms with E-state index in [0.717, 1.165) is 26.0 Å². The molecule has 0 amide bonds. The molecule has 0 heterocycles. The SMILES string of the molecule is CO[B]NCCCOCCOCCOCCCN. The molecule has 107 valence electrons. The van der Waals surface area contributed by atoms with Gasteiger partial charge in [0, 0.05) is 20.3 Å². The Balaban J connectivity index is 2.86. The van der Waals surface area contributed by atoms with E-state index in [1.807, 2.05) is 0 Å². The number of hydrogen-bond acceptors (Lipinski definition) is 6. The van der Waals surface area contributed by atoms with E-state index in [9.17, 15) is 0 Å². The van der Waals surface area contributed by atoms with Crippen molar-refractivity contribution in [2.24, 2.45) is 5.73 Å². The van der Waals surface area contributed by atoms with Gasteiger partial charge in [0.1, 0.15) is 0 Å². The van der Waals surface area contributed by atoms with Crippen LogP contribution in [0.2, 0.25) is 0 Å². The van der Waals surface area contributed by atoms with E-state index in [-0.39, 0.29) is 0 Å². The molecule has 6 nitrogen and oxygen atoms in total. The van der Waals surface area contributed by atoms with Crippen molar-refractivity contribution in [1.82, 2.24) is 5.23 Å². The molecule has 0 aliphatic rings. The number of rotatable bonds is 15. The molecule has 0 saturated carbocycles. The van der Waals surface area contributed by atoms with Crippen molar-refractivity contribution < 1.29 is 18.9 Å². The monoisotopic (exact) mass is 261 g/mol. The normalized spacial score (nSPS) is 10.8. The standard InChI is InChI=1S/C11H26BN2O4/c1-15-12-14-5-3-7-17-9-11-18-10-8-16-6-2-4-13/h14H,2-11,13H2,1H3. The Kier molecular flexibility index (Phi) is 16.7. The minimum atomic E-state index is 0.609. The fourth-order valence-corrected chi connectivity index (χ4v) is 1.15. The molecule has 0 aliphatic carbocycles. The summed E-state index contributed by atoms with van der Waals surface area (Å²) >= 11 is 0. The maximum Gasteiger partial charge on any atom is 0.395 e. The average molecular weight is 261 g/mol. The maximum absolute atomic E-state index is 5.38. The first-order valence-electron chi connectivity index (χ1n) is 6.43. The van der Waals surface area contributed by atoms with Gasteiger partial charge >= 0.3 is 7.62 Å². The van der Waals surface area contributed by atoms with Crippen molar-refractivity contribution in [3.05, 3.63) is 0 Å². The van der Waals surface area contributed by atoms with E-state index in [4.69, 9.17) is 24.6 Å². The molecular formula is C11H26BN2O4. The van der Waals surface area contributed by atoms with E-state index in [1.165, 1.54) is 0 Å². The quantitative estimate of drug-likeness (QED) is 0.307. The molecule has 0 spiro atoms. The number of nitrogens with one attached hydrogen (secondary N) is 1. The molecule has 0 aromatic rings. The predicted molar refractivity (Wildman–Crippen MR) is 71.5 cm³/mol. The van der Waals surface area contributed by atoms with Crippen LogP contribution in [0.15, 0.2) is 0 Å². The highest BCUT2D eigenvalue weighted by Crippen LogP contribution is 1.84. The summed E-state index contributed by atoms with van der Waals surface area (Å²) in [5.41, 5.74) is 5.33. The maximum atomic E-state index is 5.38. The van der Waals surface area contributed by atoms with Gasteiger partial charge < -0.3 is 29.8 Å². The molecule has 0 aromatic carbocycles. The lowest BCUT2D eigenvalue weighted by atomic mass is 10.2. The Labute approximate surface area is 111 Å². The molecule has 18 heavy (non-hydrogen) atoms. The lowest BCUT2D eigenvalue weighted by Gasteiger charge is -2.06. The van der Waals surface area contributed by atoms with Crippen LogP contribution >= 0.6 is 0 Å². The second kappa shape index (κ2) is 16.8. The van der Waals surface area contributed by atoms with Gasteiger partial charge in [0.15, 0.2) is 0 Å². The van der Waals surface area contributed by atoms with Gasteiger partial charge in [-0.25, -0.2) is 0 Å². The lowest BCUT2D eigenvalue weighted by molar-refractivity contribution is 0.0142. The summed E-state index contributed by atoms with van der Waals surface area (Å²) in [4.78, 5) is 0. The van der Waals surface area contributed by atoms with Crippen LogP contribution in [0.5, 0.6) is 0 Å². The average Bonchev–Trinajstić information content (AvgIpc) is 2.39. The van der Waals surface area contributed by atoms with Crippen molar-refractivity contribution in [1.29, 1.82) is 0 Å². The van der Waals surface area contributed by atoms with Crippen molar-refractivity contribution in [2.75, 3.05) is 59.8 Å². The summed E-state index contributed by atoms with van der Waals surface area (Å²) in [6, 6.07) is 0. The molecule has 0 aliphatic heterocycles. The number of hydrogen-bond donors (Lipinski definition) is 2. The third-order valence-electron chi connectivity index (χ3n) is 2.05. The number of nitrogens with two attached hydrogens (primary N) is 1. The fourth-order valence-electron chi connectivity index (χ4n) is 1.15. The molecule has 0 rings (SSSR count). The van der Waals surface area contributed by atoms with Gasteiger partial charge in [0.2, 0.25) is 0 Å². The minimum absolute atomic E-state index is 0.609. The fraction of sp³-hybridized carbons (Fsp3) is 1.00. The van der Waals surface area contributed by atoms with Gasteiger partial charge in [-0.2, -0.15) is 0 Å². The molecule has 0 unspecified atom stereocenters. The topological polar surface area (TPSA) is 75.0 Å². The van der Waals surface area contributed by atoms with Crippen LogP contribution in [0.1, 0.15) is 12.8 Å². The molecule has 0 bridgehead atoms. The Morgan fingerprint density at radius 3 is 2.00 bits per heavy atom. The molecular weight excluding hydrogens is 235 g/mol. The Bertz CT molecular complexity index is 139. The van der Waals surface area contributed by atoms with Crippen molar-refractivity contribution >= 4 is 7.62 Å². The Morgan fingerprint density at radius 2 is 1.44 bits per heavy atom. The summed E-state index contributed by atoms with van der Waals surface area (Å²) in [5, 5.41) is 2.99. The zero-order chi connectivity index (χ0) is 13.3. The van der Waals surface area contributed by atoms with E-state index in [1.54, 1.807) is 14.7 Å². The van der Waals surface area contributed by atoms with E-state index in [0.29, 0.717) is 39.6 Å². The Morgan fingerprint density at radius 1 is 0.889 bits per heavy atom. The minimum Gasteiger partial charge on any atom is -0.427 e. The summed E-state index contributed by atoms with van der Waals surface area (Å²) in [5.74, 6) is 0. The van der Waals surface area contributed by atoms with Crippen molar-refractivity contribution in [3.8, 4) is 0 Å². The molecule has 0 saturated heterocycles. The summed E-state index contributed by atoms with van der Waals surface area (Å²) < 4.78 is 20.7. The molecule has 0 fully saturated rings. The summed E-state index contributed by atoms with van der Waals surface area (Å²) in [6.07, 6.45) is 1.85. The third kappa shape index (κ3) is 15.8. The van der Waals surface area contributed by atoms with E-state index in [2.05, 4.69) is 5.23 Å². The van der Waals surface area contributed by atoms with E-state index >= 15 is 0 Å². The highest BCUT2D eigenvalue weighted by Gasteiger charge is 1.92. The molecule has 3 N–H and O–H groups in total. The van der Waals surface area contributed by atoms with Gasteiger partial charge in [0.05, 0.1) is 26.4 Å². The second-order valence-electron chi connectivity index (χ2n) is 3.64. The lowest BCUT2D eigenvalue weighted by Crippen LogP contribution is -2.23. The summed E-state index contributed by atoms with van der Waals surface area (Å²) in [6.45, 7) is 5.42. The van der Waals surface area contributed by atoms with Gasteiger partial charge in [-0.1, -0.05) is 0 Å². The zero-order valence-corrected chi connectivity index (χ0v) is 11.4. The van der Waals surface area contributed by atoms with Crippen LogP contribution in [0, 0.1) is 0 Å². The van der Waals surface area contributed by atoms with E-state index < -0.39 is 0 Å². The highest BCUT2D eigenvalue weighted by molar-refractivity contribution is 6.23. The number of ether oxygens (including phenoxy) is 3. The second-order valence-corrected chi connectivity index (χ2v) is 3.64. The molecule has 7 heteroatoms. The van der Waals surface area contributed by atoms with Gasteiger partial charge in [-0.05, 0) is 25.9 Å². The molecule has 0 aromatic heterocycles. The van der Waals surface area contributed by atoms with Crippen molar-refractivity contribution in [2.45, 2.75) is 12.8 Å². The van der Waals surface area contributed by atoms with Gasteiger partial charge in [-0.3, -0.25) is 0 Å². The van der Waals surface area contributed by atoms with Crippen LogP contribution in [0.3, 0.4) is 0 Å². The predicted octanol–water partition coefficient (Wildman–Crippen LogP) is -0.455. The largest absolute Gasteiger partial charge is 0.427 e. The first kappa shape index (κ1) is 17.8. The summed E-state index contributed by atoms with van der Waals surface area (Å²) in [7, 11) is 3.17.